The van der Waals surface area contributed by atoms with Crippen molar-refractivity contribution < 1.29 is 18.0 Å². The Morgan fingerprint density at radius 3 is 2.59 bits per heavy atom. The summed E-state index contributed by atoms with van der Waals surface area (Å²) in [6.07, 6.45) is 3.08. The molecule has 29 heavy (non-hydrogen) atoms. The first kappa shape index (κ1) is 21.3. The second-order valence-electron chi connectivity index (χ2n) is 7.23. The number of amides is 3. The Morgan fingerprint density at radius 2 is 1.93 bits per heavy atom. The van der Waals surface area contributed by atoms with Gasteiger partial charge < -0.3 is 11.1 Å². The Labute approximate surface area is 173 Å². The highest BCUT2D eigenvalue weighted by atomic mass is 32.2. The number of thiazole rings is 1. The summed E-state index contributed by atoms with van der Waals surface area (Å²) in [4.78, 5) is 28.0. The third kappa shape index (κ3) is 4.76. The van der Waals surface area contributed by atoms with Crippen molar-refractivity contribution in [3.05, 3.63) is 34.8 Å². The first-order chi connectivity index (χ1) is 13.7. The molecule has 1 aliphatic rings. The quantitative estimate of drug-likeness (QED) is 0.639. The van der Waals surface area contributed by atoms with Crippen molar-refractivity contribution in [3.8, 4) is 0 Å². The maximum absolute atomic E-state index is 13.1. The Kier molecular flexibility index (Phi) is 6.23. The molecule has 156 valence electrons. The van der Waals surface area contributed by atoms with E-state index in [4.69, 9.17) is 5.73 Å². The van der Waals surface area contributed by atoms with E-state index in [0.29, 0.717) is 18.5 Å². The number of sulfone groups is 1. The largest absolute Gasteiger partial charge is 0.369 e. The fourth-order valence-electron chi connectivity index (χ4n) is 3.29. The summed E-state index contributed by atoms with van der Waals surface area (Å²) in [6.45, 7) is 3.45. The summed E-state index contributed by atoms with van der Waals surface area (Å²) in [6, 6.07) is 4.34. The van der Waals surface area contributed by atoms with E-state index >= 15 is 0 Å². The van der Waals surface area contributed by atoms with Gasteiger partial charge in [-0.05, 0) is 44.4 Å². The smallest absolute Gasteiger partial charge is 0.325 e. The highest BCUT2D eigenvalue weighted by Gasteiger charge is 2.32. The van der Waals surface area contributed by atoms with Gasteiger partial charge >= 0.3 is 6.03 Å². The van der Waals surface area contributed by atoms with Crippen LogP contribution in [-0.4, -0.2) is 30.6 Å². The van der Waals surface area contributed by atoms with Crippen molar-refractivity contribution in [2.75, 3.05) is 10.6 Å². The molecule has 8 nitrogen and oxygen atoms in total. The van der Waals surface area contributed by atoms with Crippen LogP contribution in [0.5, 0.6) is 0 Å². The van der Waals surface area contributed by atoms with Crippen LogP contribution >= 0.6 is 11.3 Å². The van der Waals surface area contributed by atoms with Crippen molar-refractivity contribution in [1.82, 2.24) is 4.98 Å². The Morgan fingerprint density at radius 1 is 1.24 bits per heavy atom. The highest BCUT2D eigenvalue weighted by molar-refractivity contribution is 7.92. The number of rotatable bonds is 6. The molecule has 10 heteroatoms. The molecular formula is C19H24N4O4S2. The summed E-state index contributed by atoms with van der Waals surface area (Å²) in [5.41, 5.74) is 6.78. The number of nitrogens with zero attached hydrogens (tertiary/aromatic N) is 1. The second kappa shape index (κ2) is 8.50. The molecule has 1 aromatic carbocycles. The average Bonchev–Trinajstić information content (AvgIpc) is 3.34. The van der Waals surface area contributed by atoms with Crippen LogP contribution in [0.25, 0.3) is 0 Å². The zero-order chi connectivity index (χ0) is 21.2. The van der Waals surface area contributed by atoms with Crippen LogP contribution < -0.4 is 16.4 Å². The molecule has 0 radical (unpaired) electrons. The lowest BCUT2D eigenvalue weighted by Crippen LogP contribution is -2.24. The number of aromatic nitrogens is 1. The molecule has 1 aromatic heterocycles. The van der Waals surface area contributed by atoms with Gasteiger partial charge in [0.1, 0.15) is 0 Å². The van der Waals surface area contributed by atoms with E-state index in [1.165, 1.54) is 0 Å². The molecule has 3 amide bonds. The average molecular weight is 437 g/mol. The van der Waals surface area contributed by atoms with Crippen LogP contribution in [0.1, 0.15) is 49.8 Å². The van der Waals surface area contributed by atoms with Gasteiger partial charge in [-0.2, -0.15) is 0 Å². The molecule has 1 fully saturated rings. The fourth-order valence-corrected chi connectivity index (χ4v) is 6.17. The SMILES string of the molecule is Cc1ccc(NC(=O)Nc2nc(C(C)C(N)=O)cs2)c(S(=O)(=O)C2CCCC2)c1. The van der Waals surface area contributed by atoms with Gasteiger partial charge in [-0.1, -0.05) is 18.9 Å². The van der Waals surface area contributed by atoms with Crippen molar-refractivity contribution in [1.29, 1.82) is 0 Å². The molecule has 1 aliphatic carbocycles. The van der Waals surface area contributed by atoms with Crippen LogP contribution in [0, 0.1) is 6.92 Å². The number of carbonyl (C=O) groups excluding carboxylic acids is 2. The van der Waals surface area contributed by atoms with Crippen LogP contribution in [0.4, 0.5) is 15.6 Å². The van der Waals surface area contributed by atoms with Gasteiger partial charge in [0.15, 0.2) is 15.0 Å². The van der Waals surface area contributed by atoms with E-state index in [1.54, 1.807) is 30.5 Å². The predicted molar refractivity (Wildman–Crippen MR) is 113 cm³/mol. The van der Waals surface area contributed by atoms with Gasteiger partial charge in [0.2, 0.25) is 5.91 Å². The van der Waals surface area contributed by atoms with E-state index in [0.717, 1.165) is 29.7 Å². The first-order valence-electron chi connectivity index (χ1n) is 9.36. The highest BCUT2D eigenvalue weighted by Crippen LogP contribution is 2.33. The van der Waals surface area contributed by atoms with Crippen molar-refractivity contribution in [2.45, 2.75) is 55.6 Å². The van der Waals surface area contributed by atoms with E-state index in [-0.39, 0.29) is 15.7 Å². The molecule has 0 spiro atoms. The zero-order valence-electron chi connectivity index (χ0n) is 16.3. The molecule has 0 saturated heterocycles. The van der Waals surface area contributed by atoms with Crippen molar-refractivity contribution >= 4 is 43.9 Å². The zero-order valence-corrected chi connectivity index (χ0v) is 17.9. The minimum atomic E-state index is -3.53. The van der Waals surface area contributed by atoms with Crippen LogP contribution in [0.2, 0.25) is 0 Å². The summed E-state index contributed by atoms with van der Waals surface area (Å²) in [5.74, 6) is -1.07. The lowest BCUT2D eigenvalue weighted by atomic mass is 10.1. The minimum absolute atomic E-state index is 0.140. The molecule has 1 saturated carbocycles. The molecule has 1 unspecified atom stereocenters. The minimum Gasteiger partial charge on any atom is -0.369 e. The number of benzene rings is 1. The number of anilines is 2. The van der Waals surface area contributed by atoms with Crippen molar-refractivity contribution in [2.24, 2.45) is 5.73 Å². The standard InChI is InChI=1S/C19H24N4O4S2/c1-11-7-8-14(16(9-11)29(26,27)13-5-3-4-6-13)21-18(25)23-19-22-15(10-28-19)12(2)17(20)24/h7-10,12-13H,3-6H2,1-2H3,(H2,20,24)(H2,21,22,23,25). The molecule has 3 rings (SSSR count). The van der Waals surface area contributed by atoms with Gasteiger partial charge in [-0.3, -0.25) is 10.1 Å². The summed E-state index contributed by atoms with van der Waals surface area (Å²) >= 11 is 1.16. The van der Waals surface area contributed by atoms with Gasteiger partial charge in [0.25, 0.3) is 0 Å². The molecule has 0 aliphatic heterocycles. The number of hydrogen-bond donors (Lipinski definition) is 3. The summed E-state index contributed by atoms with van der Waals surface area (Å²) < 4.78 is 26.1. The van der Waals surface area contributed by atoms with Crippen LogP contribution in [0.3, 0.4) is 0 Å². The number of primary amides is 1. The predicted octanol–water partition coefficient (Wildman–Crippen LogP) is 3.40. The number of urea groups is 1. The molecule has 4 N–H and O–H groups in total. The first-order valence-corrected chi connectivity index (χ1v) is 11.8. The second-order valence-corrected chi connectivity index (χ2v) is 10.3. The van der Waals surface area contributed by atoms with E-state index < -0.39 is 32.9 Å². The Hall–Kier alpha value is -2.46. The van der Waals surface area contributed by atoms with E-state index in [1.807, 2.05) is 6.92 Å². The lowest BCUT2D eigenvalue weighted by molar-refractivity contribution is -0.119. The summed E-state index contributed by atoms with van der Waals surface area (Å²) in [5, 5.41) is 6.72. The van der Waals surface area contributed by atoms with Gasteiger partial charge in [0.05, 0.1) is 27.4 Å². The normalized spacial score (nSPS) is 15.8. The third-order valence-electron chi connectivity index (χ3n) is 5.05. The van der Waals surface area contributed by atoms with Gasteiger partial charge in [-0.15, -0.1) is 11.3 Å². The molecule has 0 bridgehead atoms. The Bertz CT molecular complexity index is 1030. The van der Waals surface area contributed by atoms with E-state index in [2.05, 4.69) is 15.6 Å². The monoisotopic (exact) mass is 436 g/mol. The number of nitrogens with two attached hydrogens (primary N) is 1. The number of nitrogens with one attached hydrogen (secondary N) is 2. The topological polar surface area (TPSA) is 131 Å². The maximum Gasteiger partial charge on any atom is 0.325 e. The third-order valence-corrected chi connectivity index (χ3v) is 8.12. The molecule has 1 heterocycles. The van der Waals surface area contributed by atoms with Crippen molar-refractivity contribution in [3.63, 3.8) is 0 Å². The number of carbonyl (C=O) groups is 2. The van der Waals surface area contributed by atoms with Gasteiger partial charge in [-0.25, -0.2) is 18.2 Å². The van der Waals surface area contributed by atoms with E-state index in [9.17, 15) is 18.0 Å². The molecule has 1 atom stereocenters. The van der Waals surface area contributed by atoms with Crippen LogP contribution in [-0.2, 0) is 14.6 Å². The molecule has 2 aromatic rings. The number of aryl methyl sites for hydroxylation is 1. The fraction of sp³-hybridized carbons (Fsp3) is 0.421. The van der Waals surface area contributed by atoms with Gasteiger partial charge in [0, 0.05) is 5.38 Å². The maximum atomic E-state index is 13.1. The number of hydrogen-bond acceptors (Lipinski definition) is 6. The lowest BCUT2D eigenvalue weighted by Gasteiger charge is -2.16. The summed E-state index contributed by atoms with van der Waals surface area (Å²) in [7, 11) is -3.53. The Balaban J connectivity index is 1.78. The molecular weight excluding hydrogens is 412 g/mol. The van der Waals surface area contributed by atoms with Crippen LogP contribution in [0.15, 0.2) is 28.5 Å².